The molecule has 0 aliphatic carbocycles. The van der Waals surface area contributed by atoms with Gasteiger partial charge in [0, 0.05) is 0 Å². The van der Waals surface area contributed by atoms with Crippen LogP contribution >= 0.6 is 11.8 Å². The molecule has 102 valence electrons. The molecule has 3 heteroatoms. The Morgan fingerprint density at radius 3 is 2.72 bits per heavy atom. The minimum Gasteiger partial charge on any atom is -0.317 e. The van der Waals surface area contributed by atoms with Gasteiger partial charge in [0.05, 0.1) is 0 Å². The average Bonchev–Trinajstić information content (AvgIpc) is 2.38. The van der Waals surface area contributed by atoms with Gasteiger partial charge in [0.15, 0.2) is 0 Å². The van der Waals surface area contributed by atoms with E-state index in [2.05, 4.69) is 19.2 Å². The van der Waals surface area contributed by atoms with Crippen LogP contribution in [0.5, 0.6) is 0 Å². The summed E-state index contributed by atoms with van der Waals surface area (Å²) in [5.74, 6) is 2.79. The number of rotatable bonds is 9. The Hall–Kier alpha value is -0.540. The number of halogens is 1. The highest BCUT2D eigenvalue weighted by molar-refractivity contribution is 7.99. The first-order valence-corrected chi connectivity index (χ1v) is 7.95. The van der Waals surface area contributed by atoms with Gasteiger partial charge in [-0.15, -0.1) is 0 Å². The molecule has 0 aliphatic heterocycles. The lowest BCUT2D eigenvalue weighted by Crippen LogP contribution is -2.25. The van der Waals surface area contributed by atoms with Gasteiger partial charge in [-0.05, 0) is 55.0 Å². The molecule has 0 aliphatic rings. The molecule has 0 fully saturated rings. The number of hydrogen-bond donors (Lipinski definition) is 1. The molecule has 0 bridgehead atoms. The van der Waals surface area contributed by atoms with E-state index in [4.69, 9.17) is 0 Å². The smallest absolute Gasteiger partial charge is 0.126 e. The van der Waals surface area contributed by atoms with Crippen LogP contribution in [0.2, 0.25) is 0 Å². The molecular weight excluding hydrogens is 245 g/mol. The van der Waals surface area contributed by atoms with Gasteiger partial charge in [-0.2, -0.15) is 11.8 Å². The van der Waals surface area contributed by atoms with Crippen molar-refractivity contribution in [2.75, 3.05) is 24.6 Å². The second kappa shape index (κ2) is 9.40. The number of hydrogen-bond acceptors (Lipinski definition) is 2. The molecule has 1 rings (SSSR count). The lowest BCUT2D eigenvalue weighted by atomic mass is 9.96. The second-order valence-electron chi connectivity index (χ2n) is 4.45. The molecule has 18 heavy (non-hydrogen) atoms. The summed E-state index contributed by atoms with van der Waals surface area (Å²) in [6, 6.07) is 7.14. The first-order chi connectivity index (χ1) is 8.77. The molecule has 0 saturated carbocycles. The largest absolute Gasteiger partial charge is 0.317 e. The molecule has 0 amide bonds. The Bertz CT molecular complexity index is 330. The van der Waals surface area contributed by atoms with Crippen molar-refractivity contribution >= 4 is 11.8 Å². The summed E-state index contributed by atoms with van der Waals surface area (Å²) in [6.07, 6.45) is 1.99. The Morgan fingerprint density at radius 2 is 2.06 bits per heavy atom. The van der Waals surface area contributed by atoms with E-state index in [1.54, 1.807) is 12.1 Å². The molecule has 1 nitrogen and oxygen atoms in total. The maximum atomic E-state index is 13.6. The summed E-state index contributed by atoms with van der Waals surface area (Å²) >= 11 is 1.96. The Labute approximate surface area is 115 Å². The molecule has 1 aromatic rings. The van der Waals surface area contributed by atoms with E-state index >= 15 is 0 Å². The third-order valence-corrected chi connectivity index (χ3v) is 3.96. The van der Waals surface area contributed by atoms with E-state index in [0.717, 1.165) is 37.2 Å². The van der Waals surface area contributed by atoms with Gasteiger partial charge >= 0.3 is 0 Å². The number of benzene rings is 1. The highest BCUT2D eigenvalue weighted by Crippen LogP contribution is 2.17. The minimum absolute atomic E-state index is 0.0675. The van der Waals surface area contributed by atoms with E-state index < -0.39 is 0 Å². The molecule has 0 saturated heterocycles. The highest BCUT2D eigenvalue weighted by atomic mass is 32.2. The zero-order valence-electron chi connectivity index (χ0n) is 11.4. The zero-order chi connectivity index (χ0) is 13.2. The molecule has 0 radical (unpaired) electrons. The van der Waals surface area contributed by atoms with Gasteiger partial charge in [0.2, 0.25) is 0 Å². The fourth-order valence-electron chi connectivity index (χ4n) is 1.99. The normalized spacial score (nSPS) is 12.6. The van der Waals surface area contributed by atoms with Gasteiger partial charge in [-0.25, -0.2) is 4.39 Å². The molecule has 0 heterocycles. The fraction of sp³-hybridized carbons (Fsp3) is 0.600. The third-order valence-electron chi connectivity index (χ3n) is 3.02. The van der Waals surface area contributed by atoms with Crippen LogP contribution in [0.1, 0.15) is 25.8 Å². The van der Waals surface area contributed by atoms with Crippen LogP contribution in [0.25, 0.3) is 0 Å². The van der Waals surface area contributed by atoms with Crippen LogP contribution in [-0.2, 0) is 6.42 Å². The van der Waals surface area contributed by atoms with E-state index in [1.165, 1.54) is 5.75 Å². The van der Waals surface area contributed by atoms with Crippen molar-refractivity contribution < 1.29 is 4.39 Å². The Balaban J connectivity index is 2.51. The first kappa shape index (κ1) is 15.5. The van der Waals surface area contributed by atoms with E-state index in [9.17, 15) is 4.39 Å². The maximum absolute atomic E-state index is 13.6. The number of thioether (sulfide) groups is 1. The highest BCUT2D eigenvalue weighted by Gasteiger charge is 2.11. The lowest BCUT2D eigenvalue weighted by molar-refractivity contribution is 0.460. The van der Waals surface area contributed by atoms with E-state index in [0.29, 0.717) is 5.92 Å². The summed E-state index contributed by atoms with van der Waals surface area (Å²) in [4.78, 5) is 0. The van der Waals surface area contributed by atoms with Crippen LogP contribution in [0.15, 0.2) is 24.3 Å². The van der Waals surface area contributed by atoms with Crippen molar-refractivity contribution in [3.63, 3.8) is 0 Å². The van der Waals surface area contributed by atoms with Gasteiger partial charge in [0.1, 0.15) is 5.82 Å². The minimum atomic E-state index is -0.0675. The molecule has 1 aromatic carbocycles. The molecule has 1 unspecified atom stereocenters. The lowest BCUT2D eigenvalue weighted by Gasteiger charge is -2.17. The van der Waals surface area contributed by atoms with E-state index in [1.807, 2.05) is 23.9 Å². The maximum Gasteiger partial charge on any atom is 0.126 e. The van der Waals surface area contributed by atoms with Gasteiger partial charge < -0.3 is 5.32 Å². The molecule has 0 aromatic heterocycles. The van der Waals surface area contributed by atoms with Gasteiger partial charge in [0.25, 0.3) is 0 Å². The molecular formula is C15H24FNS. The average molecular weight is 269 g/mol. The van der Waals surface area contributed by atoms with Crippen LogP contribution in [-0.4, -0.2) is 24.6 Å². The first-order valence-electron chi connectivity index (χ1n) is 6.79. The second-order valence-corrected chi connectivity index (χ2v) is 5.85. The van der Waals surface area contributed by atoms with Crippen molar-refractivity contribution in [1.29, 1.82) is 0 Å². The predicted octanol–water partition coefficient (Wildman–Crippen LogP) is 3.74. The van der Waals surface area contributed by atoms with Crippen LogP contribution in [0, 0.1) is 11.7 Å². The third kappa shape index (κ3) is 5.87. The van der Waals surface area contributed by atoms with Crippen LogP contribution in [0.3, 0.4) is 0 Å². The fourth-order valence-corrected chi connectivity index (χ4v) is 2.78. The van der Waals surface area contributed by atoms with Crippen molar-refractivity contribution in [2.24, 2.45) is 5.92 Å². The van der Waals surface area contributed by atoms with E-state index in [-0.39, 0.29) is 5.82 Å². The monoisotopic (exact) mass is 269 g/mol. The van der Waals surface area contributed by atoms with Crippen molar-refractivity contribution in [3.05, 3.63) is 35.6 Å². The quantitative estimate of drug-likeness (QED) is 0.685. The van der Waals surface area contributed by atoms with Crippen LogP contribution < -0.4 is 5.32 Å². The van der Waals surface area contributed by atoms with Crippen LogP contribution in [0.4, 0.5) is 4.39 Å². The summed E-state index contributed by atoms with van der Waals surface area (Å²) in [7, 11) is 0. The van der Waals surface area contributed by atoms with Gasteiger partial charge in [-0.3, -0.25) is 0 Å². The molecule has 1 atom stereocenters. The predicted molar refractivity (Wildman–Crippen MR) is 79.8 cm³/mol. The Kier molecular flexibility index (Phi) is 8.10. The molecule has 1 N–H and O–H groups in total. The topological polar surface area (TPSA) is 12.0 Å². The zero-order valence-corrected chi connectivity index (χ0v) is 12.2. The van der Waals surface area contributed by atoms with Crippen molar-refractivity contribution in [1.82, 2.24) is 5.32 Å². The standard InChI is InChI=1S/C15H24FNS/c1-3-17-12-13(9-10-18-4-2)11-14-7-5-6-8-15(14)16/h5-8,13,17H,3-4,9-12H2,1-2H3. The van der Waals surface area contributed by atoms with Crippen molar-refractivity contribution in [3.8, 4) is 0 Å². The summed E-state index contributed by atoms with van der Waals surface area (Å²) < 4.78 is 13.6. The number of nitrogens with one attached hydrogen (secondary N) is 1. The Morgan fingerprint density at radius 1 is 1.28 bits per heavy atom. The van der Waals surface area contributed by atoms with Gasteiger partial charge in [-0.1, -0.05) is 32.0 Å². The van der Waals surface area contributed by atoms with Crippen molar-refractivity contribution in [2.45, 2.75) is 26.7 Å². The molecule has 0 spiro atoms. The SMILES string of the molecule is CCNCC(CCSCC)Cc1ccccc1F. The summed E-state index contributed by atoms with van der Waals surface area (Å²) in [5.41, 5.74) is 0.849. The summed E-state index contributed by atoms with van der Waals surface area (Å²) in [6.45, 7) is 6.26. The summed E-state index contributed by atoms with van der Waals surface area (Å²) in [5, 5.41) is 3.38.